The highest BCUT2D eigenvalue weighted by Gasteiger charge is 2.00. The number of hydrogen-bond acceptors (Lipinski definition) is 5. The zero-order valence-corrected chi connectivity index (χ0v) is 11.2. The lowest BCUT2D eigenvalue weighted by Crippen LogP contribution is -2.08. The van der Waals surface area contributed by atoms with E-state index in [0.29, 0.717) is 18.4 Å². The molecule has 0 saturated carbocycles. The van der Waals surface area contributed by atoms with E-state index in [4.69, 9.17) is 4.74 Å². The molecule has 0 aliphatic carbocycles. The quantitative estimate of drug-likeness (QED) is 0.834. The molecule has 2 heterocycles. The summed E-state index contributed by atoms with van der Waals surface area (Å²) < 4.78 is 5.46. The van der Waals surface area contributed by atoms with Crippen LogP contribution < -0.4 is 10.1 Å². The second kappa shape index (κ2) is 6.96. The van der Waals surface area contributed by atoms with Crippen LogP contribution in [0.25, 0.3) is 0 Å². The van der Waals surface area contributed by atoms with Gasteiger partial charge in [0.25, 0.3) is 0 Å². The van der Waals surface area contributed by atoms with Gasteiger partial charge in [0.15, 0.2) is 0 Å². The summed E-state index contributed by atoms with van der Waals surface area (Å²) in [6.45, 7) is 3.59. The average molecular weight is 263 g/mol. The summed E-state index contributed by atoms with van der Waals surface area (Å²) in [4.78, 5) is 9.82. The Balaban J connectivity index is 1.81. The number of nitrogens with zero attached hydrogens (tertiary/aromatic N) is 2. The van der Waals surface area contributed by atoms with Crippen molar-refractivity contribution in [1.29, 1.82) is 0 Å². The minimum absolute atomic E-state index is 0.625. The number of nitrogens with one attached hydrogen (secondary N) is 1. The third-order valence-corrected chi connectivity index (χ3v) is 3.25. The van der Waals surface area contributed by atoms with E-state index in [2.05, 4.69) is 39.7 Å². The minimum Gasteiger partial charge on any atom is -0.478 e. The molecular formula is C13H17N3OS. The van der Waals surface area contributed by atoms with Gasteiger partial charge in [-0.1, -0.05) is 13.0 Å². The maximum Gasteiger partial charge on any atom is 0.225 e. The first-order valence-electron chi connectivity index (χ1n) is 6.10. The molecule has 96 valence electrons. The lowest BCUT2D eigenvalue weighted by atomic mass is 10.3. The van der Waals surface area contributed by atoms with Crippen molar-refractivity contribution in [2.24, 2.45) is 0 Å². The van der Waals surface area contributed by atoms with Crippen molar-refractivity contribution in [2.75, 3.05) is 18.5 Å². The van der Waals surface area contributed by atoms with Crippen molar-refractivity contribution in [3.8, 4) is 5.88 Å². The molecule has 4 nitrogen and oxygen atoms in total. The Labute approximate surface area is 111 Å². The molecule has 0 aliphatic heterocycles. The van der Waals surface area contributed by atoms with Crippen LogP contribution in [-0.2, 0) is 6.42 Å². The van der Waals surface area contributed by atoms with Crippen molar-refractivity contribution in [1.82, 2.24) is 9.97 Å². The number of aromatic nitrogens is 2. The maximum atomic E-state index is 5.46. The second-order valence-electron chi connectivity index (χ2n) is 3.82. The Morgan fingerprint density at radius 2 is 2.33 bits per heavy atom. The monoisotopic (exact) mass is 263 g/mol. The van der Waals surface area contributed by atoms with Crippen LogP contribution in [0.1, 0.15) is 18.2 Å². The highest BCUT2D eigenvalue weighted by Crippen LogP contribution is 2.11. The molecule has 18 heavy (non-hydrogen) atoms. The van der Waals surface area contributed by atoms with Gasteiger partial charge in [-0.15, -0.1) is 11.3 Å². The largest absolute Gasteiger partial charge is 0.478 e. The molecule has 0 fully saturated rings. The van der Waals surface area contributed by atoms with E-state index in [9.17, 15) is 0 Å². The normalized spacial score (nSPS) is 10.3. The predicted molar refractivity (Wildman–Crippen MR) is 74.3 cm³/mol. The highest BCUT2D eigenvalue weighted by atomic mass is 32.1. The Hall–Kier alpha value is -1.62. The molecule has 0 amide bonds. The van der Waals surface area contributed by atoms with Gasteiger partial charge < -0.3 is 10.1 Å². The van der Waals surface area contributed by atoms with Crippen molar-refractivity contribution in [3.05, 3.63) is 34.7 Å². The zero-order chi connectivity index (χ0) is 12.6. The van der Waals surface area contributed by atoms with Gasteiger partial charge in [-0.2, -0.15) is 4.98 Å². The SMILES string of the molecule is CCCOc1ccnc(NCCc2cccs2)n1. The van der Waals surface area contributed by atoms with Gasteiger partial charge in [-0.3, -0.25) is 0 Å². The Morgan fingerprint density at radius 3 is 3.11 bits per heavy atom. The van der Waals surface area contributed by atoms with Crippen LogP contribution in [0, 0.1) is 0 Å². The van der Waals surface area contributed by atoms with Gasteiger partial charge in [-0.25, -0.2) is 4.98 Å². The number of ether oxygens (including phenoxy) is 1. The fraction of sp³-hybridized carbons (Fsp3) is 0.385. The molecule has 0 saturated heterocycles. The van der Waals surface area contributed by atoms with Crippen LogP contribution in [0.4, 0.5) is 5.95 Å². The van der Waals surface area contributed by atoms with Gasteiger partial charge in [-0.05, 0) is 24.3 Å². The first kappa shape index (κ1) is 12.8. The molecule has 0 aliphatic rings. The van der Waals surface area contributed by atoms with E-state index in [0.717, 1.165) is 19.4 Å². The molecule has 1 N–H and O–H groups in total. The molecule has 0 aromatic carbocycles. The summed E-state index contributed by atoms with van der Waals surface area (Å²) in [5.41, 5.74) is 0. The number of rotatable bonds is 7. The van der Waals surface area contributed by atoms with Crippen LogP contribution in [-0.4, -0.2) is 23.1 Å². The van der Waals surface area contributed by atoms with E-state index < -0.39 is 0 Å². The topological polar surface area (TPSA) is 47.0 Å². The molecule has 0 radical (unpaired) electrons. The highest BCUT2D eigenvalue weighted by molar-refractivity contribution is 7.09. The number of thiophene rings is 1. The summed E-state index contributed by atoms with van der Waals surface area (Å²) in [6, 6.07) is 5.98. The number of anilines is 1. The Bertz CT molecular complexity index is 459. The molecule has 0 unspecified atom stereocenters. The van der Waals surface area contributed by atoms with Crippen molar-refractivity contribution >= 4 is 17.3 Å². The Kier molecular flexibility index (Phi) is 4.96. The average Bonchev–Trinajstić information content (AvgIpc) is 2.90. The fourth-order valence-corrected chi connectivity index (χ4v) is 2.18. The van der Waals surface area contributed by atoms with Crippen molar-refractivity contribution < 1.29 is 4.74 Å². The molecule has 0 spiro atoms. The third kappa shape index (κ3) is 4.00. The second-order valence-corrected chi connectivity index (χ2v) is 4.86. The number of hydrogen-bond donors (Lipinski definition) is 1. The smallest absolute Gasteiger partial charge is 0.225 e. The van der Waals surface area contributed by atoms with Crippen LogP contribution in [0.15, 0.2) is 29.8 Å². The minimum atomic E-state index is 0.625. The lowest BCUT2D eigenvalue weighted by Gasteiger charge is -2.06. The van der Waals surface area contributed by atoms with E-state index in [1.165, 1.54) is 4.88 Å². The van der Waals surface area contributed by atoms with Gasteiger partial charge in [0.2, 0.25) is 11.8 Å². The fourth-order valence-electron chi connectivity index (χ4n) is 1.47. The van der Waals surface area contributed by atoms with E-state index in [-0.39, 0.29) is 0 Å². The standard InChI is InChI=1S/C13H17N3OS/c1-2-9-17-12-6-8-15-13(16-12)14-7-5-11-4-3-10-18-11/h3-4,6,8,10H,2,5,7,9H2,1H3,(H,14,15,16). The summed E-state index contributed by atoms with van der Waals surface area (Å²) in [5, 5.41) is 5.29. The summed E-state index contributed by atoms with van der Waals surface area (Å²) in [6.07, 6.45) is 3.68. The molecule has 2 aromatic heterocycles. The molecular weight excluding hydrogens is 246 g/mol. The molecule has 2 rings (SSSR count). The summed E-state index contributed by atoms with van der Waals surface area (Å²) in [5.74, 6) is 1.26. The van der Waals surface area contributed by atoms with Crippen LogP contribution in [0.5, 0.6) is 5.88 Å². The molecule has 2 aromatic rings. The summed E-state index contributed by atoms with van der Waals surface area (Å²) >= 11 is 1.77. The first-order valence-corrected chi connectivity index (χ1v) is 6.98. The maximum absolute atomic E-state index is 5.46. The van der Waals surface area contributed by atoms with Crippen molar-refractivity contribution in [3.63, 3.8) is 0 Å². The summed E-state index contributed by atoms with van der Waals surface area (Å²) in [7, 11) is 0. The van der Waals surface area contributed by atoms with E-state index in [1.54, 1.807) is 23.6 Å². The van der Waals surface area contributed by atoms with Crippen molar-refractivity contribution in [2.45, 2.75) is 19.8 Å². The molecule has 0 atom stereocenters. The lowest BCUT2D eigenvalue weighted by molar-refractivity contribution is 0.305. The first-order chi connectivity index (χ1) is 8.88. The Morgan fingerprint density at radius 1 is 1.39 bits per heavy atom. The van der Waals surface area contributed by atoms with E-state index in [1.807, 2.05) is 0 Å². The molecule has 5 heteroatoms. The van der Waals surface area contributed by atoms with Crippen LogP contribution >= 0.6 is 11.3 Å². The van der Waals surface area contributed by atoms with Gasteiger partial charge >= 0.3 is 0 Å². The van der Waals surface area contributed by atoms with E-state index >= 15 is 0 Å². The molecule has 0 bridgehead atoms. The van der Waals surface area contributed by atoms with Crippen LogP contribution in [0.2, 0.25) is 0 Å². The third-order valence-electron chi connectivity index (χ3n) is 2.32. The van der Waals surface area contributed by atoms with Gasteiger partial charge in [0.05, 0.1) is 6.61 Å². The predicted octanol–water partition coefficient (Wildman–Crippen LogP) is 2.98. The van der Waals surface area contributed by atoms with Crippen LogP contribution in [0.3, 0.4) is 0 Å². The van der Waals surface area contributed by atoms with Gasteiger partial charge in [0.1, 0.15) is 0 Å². The zero-order valence-electron chi connectivity index (χ0n) is 10.4. The van der Waals surface area contributed by atoms with Gasteiger partial charge in [0, 0.05) is 23.7 Å².